The first-order chi connectivity index (χ1) is 20.0. The highest BCUT2D eigenvalue weighted by Crippen LogP contribution is 2.36. The van der Waals surface area contributed by atoms with Crippen molar-refractivity contribution >= 4 is 12.2 Å². The third-order valence-electron chi connectivity index (χ3n) is 7.96. The number of hydrogen-bond acceptors (Lipinski definition) is 9. The van der Waals surface area contributed by atoms with Gasteiger partial charge in [0.2, 0.25) is 0 Å². The van der Waals surface area contributed by atoms with E-state index in [1.54, 1.807) is 12.2 Å². The summed E-state index contributed by atoms with van der Waals surface area (Å²) < 4.78 is 27.0. The molecule has 0 aliphatic carbocycles. The van der Waals surface area contributed by atoms with E-state index in [-0.39, 0.29) is 24.4 Å². The predicted octanol–water partition coefficient (Wildman–Crippen LogP) is 3.63. The summed E-state index contributed by atoms with van der Waals surface area (Å²) in [7, 11) is 0. The molecule has 220 valence electrons. The molecule has 0 amide bonds. The first-order valence-corrected chi connectivity index (χ1v) is 14.4. The fraction of sp³-hybridized carbons (Fsp3) is 0.500. The number of epoxide rings is 4. The molecule has 2 aromatic rings. The number of ether oxygens (including phenoxy) is 5. The summed E-state index contributed by atoms with van der Waals surface area (Å²) in [4.78, 5) is 0. The molecule has 4 aliphatic rings. The van der Waals surface area contributed by atoms with E-state index in [2.05, 4.69) is 0 Å². The fourth-order valence-electron chi connectivity index (χ4n) is 5.33. The monoisotopic (exact) mass is 566 g/mol. The maximum atomic E-state index is 10.9. The third-order valence-corrected chi connectivity index (χ3v) is 7.96. The smallest absolute Gasteiger partial charge is 0.0907 e. The average Bonchev–Trinajstić information content (AvgIpc) is 3.77. The van der Waals surface area contributed by atoms with Crippen LogP contribution in [-0.2, 0) is 23.7 Å². The minimum atomic E-state index is -0.745. The van der Waals surface area contributed by atoms with Crippen molar-refractivity contribution in [3.8, 4) is 0 Å². The van der Waals surface area contributed by atoms with Gasteiger partial charge in [-0.15, -0.1) is 0 Å². The topological polar surface area (TPSA) is 140 Å². The van der Waals surface area contributed by atoms with Gasteiger partial charge >= 0.3 is 0 Å². The lowest BCUT2D eigenvalue weighted by Crippen LogP contribution is -2.09. The fourth-order valence-corrected chi connectivity index (χ4v) is 5.33. The Kier molecular flexibility index (Phi) is 8.85. The van der Waals surface area contributed by atoms with Crippen molar-refractivity contribution in [2.24, 2.45) is 0 Å². The van der Waals surface area contributed by atoms with E-state index in [1.165, 1.54) is 12.5 Å². The zero-order valence-electron chi connectivity index (χ0n) is 22.9. The summed E-state index contributed by atoms with van der Waals surface area (Å²) in [5.74, 6) is 0. The van der Waals surface area contributed by atoms with Gasteiger partial charge in [0.05, 0.1) is 87.8 Å². The average molecular weight is 567 g/mol. The molecule has 4 aliphatic heterocycles. The molecule has 4 saturated heterocycles. The quantitative estimate of drug-likeness (QED) is 0.177. The number of rotatable bonds is 16. The van der Waals surface area contributed by atoms with Gasteiger partial charge in [-0.2, -0.15) is 0 Å². The van der Waals surface area contributed by atoms with Gasteiger partial charge in [-0.1, -0.05) is 36.4 Å². The van der Waals surface area contributed by atoms with Crippen LogP contribution in [0.4, 0.5) is 0 Å². The van der Waals surface area contributed by atoms with Crippen LogP contribution in [-0.4, -0.2) is 71.3 Å². The second kappa shape index (κ2) is 12.7. The Labute approximate surface area is 239 Å². The molecule has 0 saturated carbocycles. The molecule has 0 radical (unpaired) electrons. The largest absolute Gasteiger partial charge is 0.473 e. The van der Waals surface area contributed by atoms with E-state index in [0.29, 0.717) is 85.5 Å². The Morgan fingerprint density at radius 2 is 0.829 bits per heavy atom. The van der Waals surface area contributed by atoms with Gasteiger partial charge in [0.25, 0.3) is 0 Å². The molecule has 4 heterocycles. The second-order valence-corrected chi connectivity index (χ2v) is 11.3. The number of benzene rings is 2. The summed E-state index contributed by atoms with van der Waals surface area (Å²) in [5.41, 5.74) is 4.18. The number of aliphatic hydroxyl groups excluding tert-OH is 4. The summed E-state index contributed by atoms with van der Waals surface area (Å²) in [6.45, 7) is 2.58. The van der Waals surface area contributed by atoms with Crippen LogP contribution in [0.1, 0.15) is 83.5 Å². The molecule has 6 rings (SSSR count). The summed E-state index contributed by atoms with van der Waals surface area (Å²) in [5, 5.41) is 43.7. The maximum absolute atomic E-state index is 10.9. The summed E-state index contributed by atoms with van der Waals surface area (Å²) >= 11 is 0. The maximum Gasteiger partial charge on any atom is 0.0907 e. The first kappa shape index (κ1) is 28.5. The van der Waals surface area contributed by atoms with Gasteiger partial charge in [-0.3, -0.25) is 0 Å². The van der Waals surface area contributed by atoms with E-state index in [9.17, 15) is 20.4 Å². The van der Waals surface area contributed by atoms with E-state index in [4.69, 9.17) is 23.7 Å². The Hall–Kier alpha value is -2.60. The lowest BCUT2D eigenvalue weighted by Gasteiger charge is -2.19. The van der Waals surface area contributed by atoms with Crippen molar-refractivity contribution < 1.29 is 44.1 Å². The van der Waals surface area contributed by atoms with Gasteiger partial charge in [0.15, 0.2) is 0 Å². The van der Waals surface area contributed by atoms with Crippen LogP contribution in [0.3, 0.4) is 0 Å². The SMILES string of the molecule is OC(CC1CO1)c1cccc(C(O)CC2CO2)c1C=COC=Cc1c(C(O)CC2CO2)cccc1C(O)CC1CO1. The molecule has 9 nitrogen and oxygen atoms in total. The highest BCUT2D eigenvalue weighted by atomic mass is 16.6. The molecule has 0 spiro atoms. The van der Waals surface area contributed by atoms with Crippen LogP contribution < -0.4 is 0 Å². The predicted molar refractivity (Wildman–Crippen MR) is 149 cm³/mol. The van der Waals surface area contributed by atoms with Crippen LogP contribution >= 0.6 is 0 Å². The number of aliphatic hydroxyl groups is 4. The highest BCUT2D eigenvalue weighted by Gasteiger charge is 2.32. The summed E-state index contributed by atoms with van der Waals surface area (Å²) in [6.07, 6.45) is 5.64. The van der Waals surface area contributed by atoms with Crippen molar-refractivity contribution in [2.45, 2.75) is 74.5 Å². The normalized spacial score (nSPS) is 27.5. The van der Waals surface area contributed by atoms with Crippen LogP contribution in [0.5, 0.6) is 0 Å². The molecular formula is C32H38O9. The Morgan fingerprint density at radius 3 is 1.07 bits per heavy atom. The standard InChI is InChI=1S/C32H38O9/c33-29(11-19-15-38-19)25-3-1-4-26(30(34)12-20-16-39-20)23(25)7-9-37-10-8-24-27(31(35)13-21-17-40-21)5-2-6-28(24)32(36)14-22-18-41-22/h1-10,19-22,29-36H,11-18H2. The highest BCUT2D eigenvalue weighted by molar-refractivity contribution is 5.61. The molecule has 8 atom stereocenters. The van der Waals surface area contributed by atoms with E-state index in [1.807, 2.05) is 36.4 Å². The molecule has 9 heteroatoms. The molecule has 4 fully saturated rings. The Morgan fingerprint density at radius 1 is 0.561 bits per heavy atom. The minimum Gasteiger partial charge on any atom is -0.473 e. The van der Waals surface area contributed by atoms with Crippen LogP contribution in [0.15, 0.2) is 48.9 Å². The Balaban J connectivity index is 1.22. The summed E-state index contributed by atoms with van der Waals surface area (Å²) in [6, 6.07) is 11.1. The third kappa shape index (κ3) is 7.82. The van der Waals surface area contributed by atoms with Gasteiger partial charge in [0, 0.05) is 25.7 Å². The van der Waals surface area contributed by atoms with Gasteiger partial charge in [-0.25, -0.2) is 0 Å². The van der Waals surface area contributed by atoms with Crippen LogP contribution in [0.2, 0.25) is 0 Å². The molecule has 0 bridgehead atoms. The van der Waals surface area contributed by atoms with Crippen molar-refractivity contribution in [1.29, 1.82) is 0 Å². The minimum absolute atomic E-state index is 0.0485. The van der Waals surface area contributed by atoms with Crippen molar-refractivity contribution in [1.82, 2.24) is 0 Å². The van der Waals surface area contributed by atoms with Crippen molar-refractivity contribution in [3.63, 3.8) is 0 Å². The molecule has 0 aromatic heterocycles. The van der Waals surface area contributed by atoms with Gasteiger partial charge in [0.1, 0.15) is 0 Å². The molecule has 4 N–H and O–H groups in total. The molecule has 41 heavy (non-hydrogen) atoms. The van der Waals surface area contributed by atoms with Gasteiger partial charge < -0.3 is 44.1 Å². The molecule has 8 unspecified atom stereocenters. The van der Waals surface area contributed by atoms with E-state index < -0.39 is 24.4 Å². The Bertz CT molecular complexity index is 1070. The van der Waals surface area contributed by atoms with Gasteiger partial charge in [-0.05, 0) is 45.5 Å². The zero-order valence-corrected chi connectivity index (χ0v) is 22.9. The van der Waals surface area contributed by atoms with E-state index in [0.717, 1.165) is 0 Å². The molecular weight excluding hydrogens is 528 g/mol. The van der Waals surface area contributed by atoms with Crippen LogP contribution in [0.25, 0.3) is 12.2 Å². The van der Waals surface area contributed by atoms with Crippen molar-refractivity contribution in [2.75, 3.05) is 26.4 Å². The zero-order chi connectivity index (χ0) is 28.3. The lowest BCUT2D eigenvalue weighted by molar-refractivity contribution is 0.147. The lowest BCUT2D eigenvalue weighted by atomic mass is 9.91. The van der Waals surface area contributed by atoms with Crippen LogP contribution in [0, 0.1) is 0 Å². The van der Waals surface area contributed by atoms with Crippen molar-refractivity contribution in [3.05, 3.63) is 82.3 Å². The number of hydrogen-bond donors (Lipinski definition) is 4. The molecule has 2 aromatic carbocycles. The second-order valence-electron chi connectivity index (χ2n) is 11.3. The first-order valence-electron chi connectivity index (χ1n) is 14.4. The van der Waals surface area contributed by atoms with E-state index >= 15 is 0 Å².